The number of fused-ring (bicyclic) bond motifs is 1. The van der Waals surface area contributed by atoms with Crippen LogP contribution < -0.4 is 5.32 Å². The molecule has 194 valence electrons. The molecule has 1 aromatic carbocycles. The van der Waals surface area contributed by atoms with Gasteiger partial charge in [0, 0.05) is 24.5 Å². The fourth-order valence-electron chi connectivity index (χ4n) is 4.85. The van der Waals surface area contributed by atoms with E-state index in [1.807, 2.05) is 20.8 Å². The molecule has 2 aliphatic rings. The summed E-state index contributed by atoms with van der Waals surface area (Å²) in [5, 5.41) is 12.8. The fraction of sp³-hybridized carbons (Fsp3) is 0.500. The number of rotatable bonds is 6. The first-order valence-electron chi connectivity index (χ1n) is 12.1. The van der Waals surface area contributed by atoms with Gasteiger partial charge in [0.05, 0.1) is 46.8 Å². The van der Waals surface area contributed by atoms with Crippen LogP contribution in [-0.4, -0.2) is 54.4 Å². The van der Waals surface area contributed by atoms with Gasteiger partial charge in [-0.2, -0.15) is 0 Å². The fourth-order valence-corrected chi connectivity index (χ4v) is 5.74. The summed E-state index contributed by atoms with van der Waals surface area (Å²) in [6.07, 6.45) is -0.247. The molecule has 2 aromatic rings. The number of sulfone groups is 1. The molecule has 2 atom stereocenters. The average molecular weight is 516 g/mol. The van der Waals surface area contributed by atoms with Crippen molar-refractivity contribution in [3.63, 3.8) is 0 Å². The Morgan fingerprint density at radius 2 is 1.92 bits per heavy atom. The van der Waals surface area contributed by atoms with E-state index in [0.29, 0.717) is 30.2 Å². The number of hydrogen-bond acceptors (Lipinski definition) is 6. The minimum atomic E-state index is -3.29. The van der Waals surface area contributed by atoms with Gasteiger partial charge in [-0.25, -0.2) is 13.2 Å². The highest BCUT2D eigenvalue weighted by Gasteiger charge is 2.43. The van der Waals surface area contributed by atoms with Crippen molar-refractivity contribution in [3.05, 3.63) is 58.4 Å². The van der Waals surface area contributed by atoms with Crippen molar-refractivity contribution in [2.45, 2.75) is 63.6 Å². The lowest BCUT2D eigenvalue weighted by Gasteiger charge is -2.27. The van der Waals surface area contributed by atoms with Gasteiger partial charge in [-0.15, -0.1) is 0 Å². The highest BCUT2D eigenvalue weighted by molar-refractivity contribution is 7.91. The van der Waals surface area contributed by atoms with E-state index in [9.17, 15) is 23.1 Å². The summed E-state index contributed by atoms with van der Waals surface area (Å²) < 4.78 is 29.6. The number of pyridine rings is 1. The maximum absolute atomic E-state index is 13.3. The van der Waals surface area contributed by atoms with Crippen LogP contribution in [0, 0.1) is 5.92 Å². The summed E-state index contributed by atoms with van der Waals surface area (Å²) >= 11 is 0. The molecule has 0 saturated carbocycles. The number of nitrogens with zero attached hydrogens (tertiary/aromatic N) is 2. The van der Waals surface area contributed by atoms with Crippen LogP contribution in [-0.2, 0) is 33.1 Å². The molecule has 1 saturated heterocycles. The molecule has 36 heavy (non-hydrogen) atoms. The van der Waals surface area contributed by atoms with E-state index in [4.69, 9.17) is 9.72 Å². The first-order chi connectivity index (χ1) is 16.9. The van der Waals surface area contributed by atoms with Crippen LogP contribution in [0.2, 0.25) is 0 Å². The summed E-state index contributed by atoms with van der Waals surface area (Å²) in [7, 11) is -3.29. The van der Waals surface area contributed by atoms with Gasteiger partial charge in [0.1, 0.15) is 0 Å². The Labute approximate surface area is 211 Å². The van der Waals surface area contributed by atoms with E-state index < -0.39 is 27.4 Å². The minimum absolute atomic E-state index is 0.0257. The molecule has 0 spiro atoms. The zero-order chi connectivity index (χ0) is 26.3. The van der Waals surface area contributed by atoms with Crippen molar-refractivity contribution >= 4 is 21.8 Å². The van der Waals surface area contributed by atoms with E-state index in [-0.39, 0.29) is 35.6 Å². The number of aromatic nitrogens is 1. The predicted octanol–water partition coefficient (Wildman–Crippen LogP) is 3.67. The number of ether oxygens (including phenoxy) is 1. The summed E-state index contributed by atoms with van der Waals surface area (Å²) in [4.78, 5) is 31.9. The van der Waals surface area contributed by atoms with Crippen molar-refractivity contribution in [1.82, 2.24) is 15.2 Å². The van der Waals surface area contributed by atoms with Crippen LogP contribution in [0.15, 0.2) is 35.2 Å². The summed E-state index contributed by atoms with van der Waals surface area (Å²) in [6.45, 7) is 9.00. The van der Waals surface area contributed by atoms with Crippen LogP contribution in [0.3, 0.4) is 0 Å². The molecule has 2 N–H and O–H groups in total. The monoisotopic (exact) mass is 515 g/mol. The van der Waals surface area contributed by atoms with E-state index in [0.717, 1.165) is 17.5 Å². The second-order valence-electron chi connectivity index (χ2n) is 10.4. The second kappa shape index (κ2) is 9.82. The maximum atomic E-state index is 13.3. The molecule has 0 bridgehead atoms. The maximum Gasteiger partial charge on any atom is 0.408 e. The first kappa shape index (κ1) is 26.1. The SMILES string of the molecule is CCS(=O)(=O)c1ccc(CNC(=O)c2cc3c(nc2C(C)(C)C)C(C2CCOC2)N(C(=O)O)C3)cc1. The molecular weight excluding hydrogens is 482 g/mol. The summed E-state index contributed by atoms with van der Waals surface area (Å²) in [6, 6.07) is 7.86. The molecule has 2 amide bonds. The van der Waals surface area contributed by atoms with E-state index >= 15 is 0 Å². The Kier molecular flexibility index (Phi) is 7.12. The Morgan fingerprint density at radius 1 is 1.22 bits per heavy atom. The standard InChI is InChI=1S/C26H33N3O6S/c1-5-36(33,34)19-8-6-16(7-9-19)13-27-24(30)20-12-18-14-29(25(31)32)22(17-10-11-35-15-17)21(18)28-23(20)26(2,3)4/h6-9,12,17,22H,5,10-11,13-15H2,1-4H3,(H,27,30)(H,31,32). The molecule has 0 radical (unpaired) electrons. The van der Waals surface area contributed by atoms with Gasteiger partial charge < -0.3 is 15.2 Å². The van der Waals surface area contributed by atoms with Crippen LogP contribution in [0.5, 0.6) is 0 Å². The van der Waals surface area contributed by atoms with Crippen molar-refractivity contribution in [2.24, 2.45) is 5.92 Å². The van der Waals surface area contributed by atoms with Gasteiger partial charge in [-0.1, -0.05) is 39.8 Å². The molecule has 2 aliphatic heterocycles. The van der Waals surface area contributed by atoms with Crippen molar-refractivity contribution < 1.29 is 27.9 Å². The summed E-state index contributed by atoms with van der Waals surface area (Å²) in [5.41, 5.74) is 2.79. The first-order valence-corrected chi connectivity index (χ1v) is 13.8. The van der Waals surface area contributed by atoms with Crippen molar-refractivity contribution in [2.75, 3.05) is 19.0 Å². The number of carboxylic acid groups (broad SMARTS) is 1. The van der Waals surface area contributed by atoms with Crippen LogP contribution >= 0.6 is 0 Å². The van der Waals surface area contributed by atoms with Crippen molar-refractivity contribution in [1.29, 1.82) is 0 Å². The topological polar surface area (TPSA) is 126 Å². The largest absolute Gasteiger partial charge is 0.465 e. The molecule has 1 fully saturated rings. The molecule has 2 unspecified atom stereocenters. The van der Waals surface area contributed by atoms with Gasteiger partial charge >= 0.3 is 6.09 Å². The third-order valence-electron chi connectivity index (χ3n) is 6.82. The number of carbonyl (C=O) groups excluding carboxylic acids is 1. The molecule has 3 heterocycles. The lowest BCUT2D eigenvalue weighted by molar-refractivity contribution is 0.0946. The van der Waals surface area contributed by atoms with E-state index in [1.165, 1.54) is 4.90 Å². The van der Waals surface area contributed by atoms with Crippen LogP contribution in [0.1, 0.15) is 73.0 Å². The molecule has 9 nitrogen and oxygen atoms in total. The Balaban J connectivity index is 1.62. The Morgan fingerprint density at radius 3 is 2.47 bits per heavy atom. The van der Waals surface area contributed by atoms with Crippen LogP contribution in [0.4, 0.5) is 4.79 Å². The molecule has 10 heteroatoms. The van der Waals surface area contributed by atoms with Gasteiger partial charge in [0.2, 0.25) is 0 Å². The molecule has 1 aromatic heterocycles. The normalized spacial score (nSPS) is 19.8. The van der Waals surface area contributed by atoms with Gasteiger partial charge in [0.15, 0.2) is 9.84 Å². The highest BCUT2D eigenvalue weighted by Crippen LogP contribution is 2.42. The lowest BCUT2D eigenvalue weighted by Crippen LogP contribution is -2.33. The molecular formula is C26H33N3O6S. The number of nitrogens with one attached hydrogen (secondary N) is 1. The predicted molar refractivity (Wildman–Crippen MR) is 134 cm³/mol. The number of amides is 2. The smallest absolute Gasteiger partial charge is 0.408 e. The Hall–Kier alpha value is -2.98. The summed E-state index contributed by atoms with van der Waals surface area (Å²) in [5.74, 6) is -0.255. The third-order valence-corrected chi connectivity index (χ3v) is 8.57. The number of carbonyl (C=O) groups is 2. The van der Waals surface area contributed by atoms with Crippen molar-refractivity contribution in [3.8, 4) is 0 Å². The number of benzene rings is 1. The van der Waals surface area contributed by atoms with Gasteiger partial charge in [-0.3, -0.25) is 14.7 Å². The lowest BCUT2D eigenvalue weighted by atomic mass is 9.86. The van der Waals surface area contributed by atoms with Gasteiger partial charge in [-0.05, 0) is 35.7 Å². The van der Waals surface area contributed by atoms with Crippen LogP contribution in [0.25, 0.3) is 0 Å². The zero-order valence-corrected chi connectivity index (χ0v) is 21.9. The zero-order valence-electron chi connectivity index (χ0n) is 21.1. The Bertz CT molecular complexity index is 1260. The van der Waals surface area contributed by atoms with E-state index in [2.05, 4.69) is 5.32 Å². The highest BCUT2D eigenvalue weighted by atomic mass is 32.2. The van der Waals surface area contributed by atoms with E-state index in [1.54, 1.807) is 37.3 Å². The minimum Gasteiger partial charge on any atom is -0.465 e. The third kappa shape index (κ3) is 5.10. The second-order valence-corrected chi connectivity index (χ2v) is 12.7. The molecule has 0 aliphatic carbocycles. The number of hydrogen-bond donors (Lipinski definition) is 2. The van der Waals surface area contributed by atoms with Gasteiger partial charge in [0.25, 0.3) is 5.91 Å². The molecule has 4 rings (SSSR count). The quantitative estimate of drug-likeness (QED) is 0.601. The average Bonchev–Trinajstić information content (AvgIpc) is 3.48.